The van der Waals surface area contributed by atoms with Gasteiger partial charge in [0, 0.05) is 12.5 Å². The highest BCUT2D eigenvalue weighted by Crippen LogP contribution is 2.21. The molecule has 1 fully saturated rings. The van der Waals surface area contributed by atoms with Gasteiger partial charge in [0.05, 0.1) is 6.61 Å². The quantitative estimate of drug-likeness (QED) is 0.543. The van der Waals surface area contributed by atoms with Crippen molar-refractivity contribution in [2.24, 2.45) is 5.92 Å². The molecule has 0 aromatic rings. The van der Waals surface area contributed by atoms with E-state index in [0.29, 0.717) is 13.0 Å². The molecule has 3 heteroatoms. The number of hydrogen-bond donors (Lipinski definition) is 2. The molecule has 0 radical (unpaired) electrons. The lowest BCUT2D eigenvalue weighted by molar-refractivity contribution is -0.0852. The fourth-order valence-electron chi connectivity index (χ4n) is 1.07. The highest BCUT2D eigenvalue weighted by Gasteiger charge is 2.24. The Hall–Kier alpha value is -0.120. The summed E-state index contributed by atoms with van der Waals surface area (Å²) in [5, 5.41) is 17.5. The maximum absolute atomic E-state index is 8.99. The third kappa shape index (κ3) is 1.64. The fraction of sp³-hybridized carbons (Fsp3) is 1.00. The van der Waals surface area contributed by atoms with Gasteiger partial charge in [0.15, 0.2) is 6.29 Å². The van der Waals surface area contributed by atoms with Crippen LogP contribution in [0.1, 0.15) is 12.8 Å². The second-order valence-corrected chi connectivity index (χ2v) is 2.32. The van der Waals surface area contributed by atoms with Crippen molar-refractivity contribution in [3.8, 4) is 0 Å². The molecule has 1 aliphatic rings. The topological polar surface area (TPSA) is 49.7 Å². The summed E-state index contributed by atoms with van der Waals surface area (Å²) < 4.78 is 4.86. The molecule has 3 nitrogen and oxygen atoms in total. The van der Waals surface area contributed by atoms with E-state index in [1.165, 1.54) is 0 Å². The van der Waals surface area contributed by atoms with E-state index in [-0.39, 0.29) is 12.5 Å². The number of rotatable bonds is 2. The molecule has 0 aliphatic carbocycles. The zero-order valence-electron chi connectivity index (χ0n) is 5.29. The molecule has 0 spiro atoms. The number of aliphatic hydroxyl groups excluding tert-OH is 2. The molecule has 9 heavy (non-hydrogen) atoms. The molecule has 0 aromatic carbocycles. The van der Waals surface area contributed by atoms with Gasteiger partial charge in [0.1, 0.15) is 0 Å². The lowest BCUT2D eigenvalue weighted by Gasteiger charge is -2.09. The van der Waals surface area contributed by atoms with Gasteiger partial charge in [-0.25, -0.2) is 0 Å². The first-order chi connectivity index (χ1) is 4.34. The smallest absolute Gasteiger partial charge is 0.157 e. The third-order valence-corrected chi connectivity index (χ3v) is 1.68. The summed E-state index contributed by atoms with van der Waals surface area (Å²) in [5.41, 5.74) is 0. The molecule has 0 amide bonds. The predicted octanol–water partition coefficient (Wildman–Crippen LogP) is -0.276. The summed E-state index contributed by atoms with van der Waals surface area (Å²) >= 11 is 0. The Kier molecular flexibility index (Phi) is 2.45. The Morgan fingerprint density at radius 1 is 1.56 bits per heavy atom. The van der Waals surface area contributed by atoms with Crippen LogP contribution in [-0.2, 0) is 4.74 Å². The van der Waals surface area contributed by atoms with Gasteiger partial charge in [0.2, 0.25) is 0 Å². The van der Waals surface area contributed by atoms with E-state index in [0.717, 1.165) is 6.42 Å². The lowest BCUT2D eigenvalue weighted by atomic mass is 10.0. The first-order valence-electron chi connectivity index (χ1n) is 3.25. The molecule has 1 heterocycles. The van der Waals surface area contributed by atoms with Crippen molar-refractivity contribution in [1.29, 1.82) is 0 Å². The van der Waals surface area contributed by atoms with Gasteiger partial charge in [-0.15, -0.1) is 0 Å². The molecule has 1 rings (SSSR count). The van der Waals surface area contributed by atoms with E-state index in [2.05, 4.69) is 0 Å². The zero-order chi connectivity index (χ0) is 6.69. The maximum atomic E-state index is 8.99. The standard InChI is InChI=1S/C6H12O3/c7-3-1-5-2-4-9-6(5)8/h5-8H,1-4H2/t5-,6?/m0/s1. The van der Waals surface area contributed by atoms with Crippen LogP contribution >= 0.6 is 0 Å². The van der Waals surface area contributed by atoms with Gasteiger partial charge in [0.25, 0.3) is 0 Å². The van der Waals surface area contributed by atoms with Gasteiger partial charge in [-0.05, 0) is 12.8 Å². The third-order valence-electron chi connectivity index (χ3n) is 1.68. The molecule has 1 aliphatic heterocycles. The Balaban J connectivity index is 2.22. The van der Waals surface area contributed by atoms with Gasteiger partial charge < -0.3 is 14.9 Å². The minimum absolute atomic E-state index is 0.144. The van der Waals surface area contributed by atoms with Crippen molar-refractivity contribution in [1.82, 2.24) is 0 Å². The van der Waals surface area contributed by atoms with E-state index in [1.54, 1.807) is 0 Å². The summed E-state index contributed by atoms with van der Waals surface area (Å²) in [4.78, 5) is 0. The summed E-state index contributed by atoms with van der Waals surface area (Å²) in [5.74, 6) is 0.162. The highest BCUT2D eigenvalue weighted by molar-refractivity contribution is 4.66. The van der Waals surface area contributed by atoms with Gasteiger partial charge >= 0.3 is 0 Å². The van der Waals surface area contributed by atoms with Crippen molar-refractivity contribution < 1.29 is 14.9 Å². The number of hydrogen-bond acceptors (Lipinski definition) is 3. The molecule has 1 unspecified atom stereocenters. The first kappa shape index (κ1) is 6.99. The summed E-state index contributed by atoms with van der Waals surface area (Å²) in [6.45, 7) is 0.775. The van der Waals surface area contributed by atoms with Crippen molar-refractivity contribution >= 4 is 0 Å². The molecule has 2 N–H and O–H groups in total. The van der Waals surface area contributed by atoms with Crippen molar-refractivity contribution in [3.05, 3.63) is 0 Å². The summed E-state index contributed by atoms with van der Waals surface area (Å²) in [6.07, 6.45) is 0.903. The van der Waals surface area contributed by atoms with Crippen LogP contribution < -0.4 is 0 Å². The SMILES string of the molecule is OCC[C@H]1CCOC1O. The van der Waals surface area contributed by atoms with Crippen LogP contribution in [0.4, 0.5) is 0 Å². The first-order valence-corrected chi connectivity index (χ1v) is 3.25. The molecule has 0 bridgehead atoms. The molecule has 54 valence electrons. The van der Waals surface area contributed by atoms with E-state index < -0.39 is 6.29 Å². The van der Waals surface area contributed by atoms with Crippen LogP contribution in [0.25, 0.3) is 0 Å². The van der Waals surface area contributed by atoms with E-state index >= 15 is 0 Å². The zero-order valence-corrected chi connectivity index (χ0v) is 5.29. The minimum Gasteiger partial charge on any atom is -0.396 e. The van der Waals surface area contributed by atoms with Crippen molar-refractivity contribution in [2.75, 3.05) is 13.2 Å². The molecular weight excluding hydrogens is 120 g/mol. The summed E-state index contributed by atoms with van der Waals surface area (Å²) in [6, 6.07) is 0. The van der Waals surface area contributed by atoms with Crippen LogP contribution in [0, 0.1) is 5.92 Å². The van der Waals surface area contributed by atoms with Crippen LogP contribution in [0.2, 0.25) is 0 Å². The molecular formula is C6H12O3. The molecule has 0 aromatic heterocycles. The average Bonchev–Trinajstić information content (AvgIpc) is 2.18. The van der Waals surface area contributed by atoms with Crippen LogP contribution in [0.5, 0.6) is 0 Å². The predicted molar refractivity (Wildman–Crippen MR) is 31.8 cm³/mol. The van der Waals surface area contributed by atoms with E-state index in [9.17, 15) is 0 Å². The number of aliphatic hydroxyl groups is 2. The van der Waals surface area contributed by atoms with Crippen molar-refractivity contribution in [3.63, 3.8) is 0 Å². The lowest BCUT2D eigenvalue weighted by Crippen LogP contribution is -2.15. The van der Waals surface area contributed by atoms with Gasteiger partial charge in [-0.1, -0.05) is 0 Å². The molecule has 0 saturated carbocycles. The van der Waals surface area contributed by atoms with Crippen LogP contribution in [0.15, 0.2) is 0 Å². The Labute approximate surface area is 54.3 Å². The Bertz CT molecular complexity index is 84.4. The molecule has 2 atom stereocenters. The highest BCUT2D eigenvalue weighted by atomic mass is 16.6. The largest absolute Gasteiger partial charge is 0.396 e. The normalized spacial score (nSPS) is 35.3. The number of ether oxygens (including phenoxy) is 1. The van der Waals surface area contributed by atoms with Gasteiger partial charge in [-0.3, -0.25) is 0 Å². The van der Waals surface area contributed by atoms with Crippen LogP contribution in [0.3, 0.4) is 0 Å². The minimum atomic E-state index is -0.628. The average molecular weight is 132 g/mol. The van der Waals surface area contributed by atoms with E-state index in [4.69, 9.17) is 14.9 Å². The Morgan fingerprint density at radius 2 is 2.33 bits per heavy atom. The maximum Gasteiger partial charge on any atom is 0.157 e. The van der Waals surface area contributed by atoms with Crippen molar-refractivity contribution in [2.45, 2.75) is 19.1 Å². The fourth-order valence-corrected chi connectivity index (χ4v) is 1.07. The molecule has 1 saturated heterocycles. The van der Waals surface area contributed by atoms with Crippen LogP contribution in [-0.4, -0.2) is 29.7 Å². The van der Waals surface area contributed by atoms with Gasteiger partial charge in [-0.2, -0.15) is 0 Å². The second kappa shape index (κ2) is 3.15. The van der Waals surface area contributed by atoms with E-state index in [1.807, 2.05) is 0 Å². The Morgan fingerprint density at radius 3 is 2.78 bits per heavy atom. The monoisotopic (exact) mass is 132 g/mol. The second-order valence-electron chi connectivity index (χ2n) is 2.32. The summed E-state index contributed by atoms with van der Waals surface area (Å²) in [7, 11) is 0.